The van der Waals surface area contributed by atoms with Crippen LogP contribution in [-0.2, 0) is 19.6 Å². The number of rotatable bonds is 10. The van der Waals surface area contributed by atoms with Gasteiger partial charge in [-0.3, -0.25) is 0 Å². The molecule has 0 amide bonds. The maximum Gasteiger partial charge on any atom is 0.188 e. The second-order valence-electron chi connectivity index (χ2n) is 6.95. The molecule has 3 N–H and O–H groups in total. The molecule has 32 heavy (non-hydrogen) atoms. The third-order valence-electron chi connectivity index (χ3n) is 4.80. The van der Waals surface area contributed by atoms with Crippen molar-refractivity contribution < 1.29 is 14.2 Å². The third kappa shape index (κ3) is 7.64. The van der Waals surface area contributed by atoms with E-state index in [0.29, 0.717) is 37.2 Å². The van der Waals surface area contributed by atoms with Crippen LogP contribution >= 0.6 is 24.0 Å². The Hall–Kier alpha value is -2.94. The standard InChI is InChI=1S/C25H29N3O3.HI/c1-29-23-13-12-19(16-24(23)30-2)14-15-27-25(26)28-17-21-10-6-7-11-22(21)31-18-20-8-4-3-5-9-20;/h3-13,16H,14-15,17-18H2,1-2H3,(H3,26,27,28);1H. The largest absolute Gasteiger partial charge is 0.493 e. The smallest absolute Gasteiger partial charge is 0.188 e. The number of hydrogen-bond donors (Lipinski definition) is 2. The Morgan fingerprint density at radius 2 is 1.56 bits per heavy atom. The summed E-state index contributed by atoms with van der Waals surface area (Å²) in [7, 11) is 3.26. The van der Waals surface area contributed by atoms with Gasteiger partial charge in [-0.05, 0) is 35.7 Å². The quantitative estimate of drug-likeness (QED) is 0.221. The van der Waals surface area contributed by atoms with E-state index in [4.69, 9.17) is 19.9 Å². The fourth-order valence-corrected chi connectivity index (χ4v) is 3.11. The predicted octanol–water partition coefficient (Wildman–Crippen LogP) is 4.55. The molecule has 0 spiro atoms. The number of benzene rings is 3. The highest BCUT2D eigenvalue weighted by Gasteiger charge is 2.06. The third-order valence-corrected chi connectivity index (χ3v) is 4.80. The minimum absolute atomic E-state index is 0. The van der Waals surface area contributed by atoms with Gasteiger partial charge < -0.3 is 25.3 Å². The van der Waals surface area contributed by atoms with Crippen molar-refractivity contribution in [2.75, 3.05) is 20.8 Å². The van der Waals surface area contributed by atoms with Crippen molar-refractivity contribution in [2.45, 2.75) is 19.6 Å². The van der Waals surface area contributed by atoms with E-state index >= 15 is 0 Å². The number of halogens is 1. The van der Waals surface area contributed by atoms with Crippen LogP contribution in [0.1, 0.15) is 16.7 Å². The highest BCUT2D eigenvalue weighted by molar-refractivity contribution is 14.0. The average Bonchev–Trinajstić information content (AvgIpc) is 2.82. The first-order chi connectivity index (χ1) is 15.2. The fourth-order valence-electron chi connectivity index (χ4n) is 3.11. The number of methoxy groups -OCH3 is 2. The van der Waals surface area contributed by atoms with E-state index in [2.05, 4.69) is 10.3 Å². The number of aliphatic imine (C=N–C) groups is 1. The van der Waals surface area contributed by atoms with Crippen molar-refractivity contribution in [1.29, 1.82) is 0 Å². The summed E-state index contributed by atoms with van der Waals surface area (Å²) in [5, 5.41) is 3.16. The number of ether oxygens (including phenoxy) is 3. The highest BCUT2D eigenvalue weighted by Crippen LogP contribution is 2.27. The van der Waals surface area contributed by atoms with Crippen molar-refractivity contribution >= 4 is 29.9 Å². The average molecular weight is 547 g/mol. The minimum atomic E-state index is 0. The normalized spacial score (nSPS) is 10.8. The first kappa shape index (κ1) is 25.3. The van der Waals surface area contributed by atoms with Crippen LogP contribution in [0.2, 0.25) is 0 Å². The molecule has 170 valence electrons. The summed E-state index contributed by atoms with van der Waals surface area (Å²) in [6.07, 6.45) is 0.785. The molecule has 0 radical (unpaired) electrons. The van der Waals surface area contributed by atoms with Gasteiger partial charge in [-0.2, -0.15) is 0 Å². The molecule has 6 nitrogen and oxygen atoms in total. The van der Waals surface area contributed by atoms with Crippen LogP contribution in [0, 0.1) is 0 Å². The molecule has 0 unspecified atom stereocenters. The Bertz CT molecular complexity index is 997. The van der Waals surface area contributed by atoms with Gasteiger partial charge in [-0.25, -0.2) is 4.99 Å². The number of nitrogens with zero attached hydrogens (tertiary/aromatic N) is 1. The molecule has 0 heterocycles. The molecule has 0 aliphatic rings. The van der Waals surface area contributed by atoms with E-state index in [1.165, 1.54) is 0 Å². The molecule has 0 atom stereocenters. The molecule has 0 bridgehead atoms. The molecular weight excluding hydrogens is 517 g/mol. The number of para-hydroxylation sites is 1. The van der Waals surface area contributed by atoms with Gasteiger partial charge in [0.25, 0.3) is 0 Å². The van der Waals surface area contributed by atoms with Gasteiger partial charge in [0, 0.05) is 12.1 Å². The van der Waals surface area contributed by atoms with Crippen LogP contribution in [-0.4, -0.2) is 26.7 Å². The van der Waals surface area contributed by atoms with Crippen LogP contribution in [0.15, 0.2) is 77.8 Å². The van der Waals surface area contributed by atoms with E-state index in [0.717, 1.165) is 28.9 Å². The minimum Gasteiger partial charge on any atom is -0.493 e. The number of nitrogens with two attached hydrogens (primary N) is 1. The van der Waals surface area contributed by atoms with Crippen LogP contribution in [0.4, 0.5) is 0 Å². The van der Waals surface area contributed by atoms with Gasteiger partial charge >= 0.3 is 0 Å². The van der Waals surface area contributed by atoms with Crippen LogP contribution in [0.5, 0.6) is 17.2 Å². The zero-order valence-electron chi connectivity index (χ0n) is 18.4. The second kappa shape index (κ2) is 13.5. The van der Waals surface area contributed by atoms with E-state index in [-0.39, 0.29) is 24.0 Å². The fraction of sp³-hybridized carbons (Fsp3) is 0.240. The van der Waals surface area contributed by atoms with E-state index in [1.54, 1.807) is 14.2 Å². The first-order valence-electron chi connectivity index (χ1n) is 10.2. The lowest BCUT2D eigenvalue weighted by Crippen LogP contribution is -2.33. The van der Waals surface area contributed by atoms with Crippen molar-refractivity contribution in [3.8, 4) is 17.2 Å². The summed E-state index contributed by atoms with van der Waals surface area (Å²) in [5.74, 6) is 2.65. The first-order valence-corrected chi connectivity index (χ1v) is 10.2. The maximum atomic E-state index is 6.06. The van der Waals surface area contributed by atoms with Crippen molar-refractivity contribution in [3.05, 3.63) is 89.5 Å². The van der Waals surface area contributed by atoms with Gasteiger partial charge in [-0.15, -0.1) is 24.0 Å². The Balaban J connectivity index is 0.00000363. The molecular formula is C25H30IN3O3. The molecule has 3 rings (SSSR count). The number of guanidine groups is 1. The topological polar surface area (TPSA) is 78.1 Å². The molecule has 3 aromatic rings. The van der Waals surface area contributed by atoms with Gasteiger partial charge in [0.1, 0.15) is 12.4 Å². The Labute approximate surface area is 206 Å². The molecule has 0 aliphatic heterocycles. The molecule has 0 fully saturated rings. The molecule has 3 aromatic carbocycles. The van der Waals surface area contributed by atoms with Crippen LogP contribution in [0.25, 0.3) is 0 Å². The molecule has 0 aromatic heterocycles. The molecule has 7 heteroatoms. The Morgan fingerprint density at radius 3 is 2.31 bits per heavy atom. The summed E-state index contributed by atoms with van der Waals surface area (Å²) in [5.41, 5.74) is 9.29. The van der Waals surface area contributed by atoms with Crippen molar-refractivity contribution in [3.63, 3.8) is 0 Å². The lowest BCUT2D eigenvalue weighted by molar-refractivity contribution is 0.303. The van der Waals surface area contributed by atoms with Gasteiger partial charge in [0.05, 0.1) is 20.8 Å². The van der Waals surface area contributed by atoms with Crippen molar-refractivity contribution in [1.82, 2.24) is 5.32 Å². The summed E-state index contributed by atoms with van der Waals surface area (Å²) in [6, 6.07) is 23.8. The van der Waals surface area contributed by atoms with Gasteiger partial charge in [0.2, 0.25) is 0 Å². The maximum absolute atomic E-state index is 6.06. The zero-order chi connectivity index (χ0) is 21.9. The van der Waals surface area contributed by atoms with Gasteiger partial charge in [0.15, 0.2) is 17.5 Å². The SMILES string of the molecule is COc1ccc(CCNC(N)=NCc2ccccc2OCc2ccccc2)cc1OC.I. The summed E-state index contributed by atoms with van der Waals surface area (Å²) >= 11 is 0. The summed E-state index contributed by atoms with van der Waals surface area (Å²) in [6.45, 7) is 1.62. The summed E-state index contributed by atoms with van der Waals surface area (Å²) < 4.78 is 16.6. The Morgan fingerprint density at radius 1 is 0.844 bits per heavy atom. The highest BCUT2D eigenvalue weighted by atomic mass is 127. The second-order valence-corrected chi connectivity index (χ2v) is 6.95. The predicted molar refractivity (Wildman–Crippen MR) is 139 cm³/mol. The van der Waals surface area contributed by atoms with Gasteiger partial charge in [-0.1, -0.05) is 54.6 Å². The molecule has 0 aliphatic carbocycles. The van der Waals surface area contributed by atoms with Crippen LogP contribution in [0.3, 0.4) is 0 Å². The van der Waals surface area contributed by atoms with E-state index < -0.39 is 0 Å². The number of nitrogens with one attached hydrogen (secondary N) is 1. The van der Waals surface area contributed by atoms with E-state index in [9.17, 15) is 0 Å². The Kier molecular flexibility index (Phi) is 10.7. The lowest BCUT2D eigenvalue weighted by atomic mass is 10.1. The zero-order valence-corrected chi connectivity index (χ0v) is 20.7. The van der Waals surface area contributed by atoms with Crippen LogP contribution < -0.4 is 25.3 Å². The lowest BCUT2D eigenvalue weighted by Gasteiger charge is -2.11. The van der Waals surface area contributed by atoms with E-state index in [1.807, 2.05) is 72.8 Å². The molecule has 0 saturated carbocycles. The summed E-state index contributed by atoms with van der Waals surface area (Å²) in [4.78, 5) is 4.46. The number of hydrogen-bond acceptors (Lipinski definition) is 4. The van der Waals surface area contributed by atoms with Crippen molar-refractivity contribution in [2.24, 2.45) is 10.7 Å². The molecule has 0 saturated heterocycles. The monoisotopic (exact) mass is 547 g/mol.